The fourth-order valence-electron chi connectivity index (χ4n) is 3.01. The minimum absolute atomic E-state index is 0.130. The number of amides is 1. The van der Waals surface area contributed by atoms with Gasteiger partial charge in [-0.15, -0.1) is 0 Å². The van der Waals surface area contributed by atoms with Gasteiger partial charge in [-0.25, -0.2) is 4.98 Å². The molecule has 1 saturated carbocycles. The quantitative estimate of drug-likeness (QED) is 0.679. The van der Waals surface area contributed by atoms with Gasteiger partial charge in [0.25, 0.3) is 0 Å². The van der Waals surface area contributed by atoms with Gasteiger partial charge in [-0.1, -0.05) is 48.6 Å². The van der Waals surface area contributed by atoms with Crippen molar-refractivity contribution in [2.45, 2.75) is 19.9 Å². The van der Waals surface area contributed by atoms with Crippen molar-refractivity contribution >= 4 is 32.6 Å². The fourth-order valence-corrected chi connectivity index (χ4v) is 4.01. The molecule has 128 valence electrons. The number of ether oxygens (including phenoxy) is 1. The van der Waals surface area contributed by atoms with Crippen molar-refractivity contribution in [2.24, 2.45) is 11.8 Å². The third-order valence-corrected chi connectivity index (χ3v) is 5.73. The van der Waals surface area contributed by atoms with Crippen LogP contribution >= 0.6 is 11.3 Å². The SMILES string of the molecule is COc1ccc2nc(N(Cc3ccccc3)C(=O)C3CC3C)sc2c1. The molecule has 5 heteroatoms. The van der Waals surface area contributed by atoms with Crippen LogP contribution in [0.4, 0.5) is 5.13 Å². The second-order valence-corrected chi connectivity index (χ2v) is 7.57. The van der Waals surface area contributed by atoms with Gasteiger partial charge in [-0.05, 0) is 36.1 Å². The van der Waals surface area contributed by atoms with Gasteiger partial charge in [0.15, 0.2) is 5.13 Å². The average Bonchev–Trinajstić information content (AvgIpc) is 3.22. The summed E-state index contributed by atoms with van der Waals surface area (Å²) in [5, 5.41) is 0.760. The highest BCUT2D eigenvalue weighted by Crippen LogP contribution is 2.41. The first-order valence-electron chi connectivity index (χ1n) is 8.45. The van der Waals surface area contributed by atoms with E-state index in [9.17, 15) is 4.79 Å². The van der Waals surface area contributed by atoms with Gasteiger partial charge in [-0.3, -0.25) is 9.69 Å². The number of hydrogen-bond acceptors (Lipinski definition) is 4. The van der Waals surface area contributed by atoms with E-state index in [4.69, 9.17) is 9.72 Å². The van der Waals surface area contributed by atoms with Crippen LogP contribution < -0.4 is 9.64 Å². The molecule has 0 saturated heterocycles. The van der Waals surface area contributed by atoms with E-state index in [1.807, 2.05) is 53.4 Å². The number of methoxy groups -OCH3 is 1. The number of carbonyl (C=O) groups excluding carboxylic acids is 1. The summed E-state index contributed by atoms with van der Waals surface area (Å²) in [5.74, 6) is 1.59. The molecule has 4 rings (SSSR count). The lowest BCUT2D eigenvalue weighted by molar-refractivity contribution is -0.120. The minimum atomic E-state index is 0.130. The zero-order valence-corrected chi connectivity index (χ0v) is 15.1. The van der Waals surface area contributed by atoms with E-state index in [2.05, 4.69) is 6.92 Å². The second kappa shape index (κ2) is 6.48. The zero-order chi connectivity index (χ0) is 17.4. The standard InChI is InChI=1S/C20H20N2O2S/c1-13-10-16(13)19(23)22(12-14-6-4-3-5-7-14)20-21-17-9-8-15(24-2)11-18(17)25-20/h3-9,11,13,16H,10,12H2,1-2H3. The highest BCUT2D eigenvalue weighted by atomic mass is 32.1. The molecule has 1 fully saturated rings. The number of anilines is 1. The number of fused-ring (bicyclic) bond motifs is 1. The maximum Gasteiger partial charge on any atom is 0.232 e. The highest BCUT2D eigenvalue weighted by Gasteiger charge is 2.42. The molecule has 2 atom stereocenters. The largest absolute Gasteiger partial charge is 0.497 e. The van der Waals surface area contributed by atoms with E-state index in [1.54, 1.807) is 18.4 Å². The first-order valence-corrected chi connectivity index (χ1v) is 9.27. The van der Waals surface area contributed by atoms with Gasteiger partial charge in [0.1, 0.15) is 5.75 Å². The van der Waals surface area contributed by atoms with Crippen LogP contribution in [0.5, 0.6) is 5.75 Å². The molecule has 3 aromatic rings. The number of aromatic nitrogens is 1. The normalized spacial score (nSPS) is 19.0. The van der Waals surface area contributed by atoms with Crippen LogP contribution in [-0.2, 0) is 11.3 Å². The van der Waals surface area contributed by atoms with Crippen LogP contribution in [0, 0.1) is 11.8 Å². The second-order valence-electron chi connectivity index (χ2n) is 6.56. The molecule has 0 radical (unpaired) electrons. The van der Waals surface area contributed by atoms with E-state index in [0.717, 1.165) is 33.1 Å². The van der Waals surface area contributed by atoms with Gasteiger partial charge >= 0.3 is 0 Å². The summed E-state index contributed by atoms with van der Waals surface area (Å²) in [5.41, 5.74) is 2.01. The monoisotopic (exact) mass is 352 g/mol. The molecule has 4 nitrogen and oxygen atoms in total. The van der Waals surface area contributed by atoms with Crippen molar-refractivity contribution < 1.29 is 9.53 Å². The maximum atomic E-state index is 13.0. The first-order chi connectivity index (χ1) is 12.2. The van der Waals surface area contributed by atoms with Gasteiger partial charge in [0.05, 0.1) is 23.9 Å². The molecule has 2 unspecified atom stereocenters. The molecule has 0 spiro atoms. The Bertz CT molecular complexity index is 906. The highest BCUT2D eigenvalue weighted by molar-refractivity contribution is 7.22. The van der Waals surface area contributed by atoms with Gasteiger partial charge in [-0.2, -0.15) is 0 Å². The third-order valence-electron chi connectivity index (χ3n) is 4.69. The Labute approximate surface area is 151 Å². The van der Waals surface area contributed by atoms with Crippen molar-refractivity contribution in [1.29, 1.82) is 0 Å². The van der Waals surface area contributed by atoms with E-state index in [0.29, 0.717) is 12.5 Å². The summed E-state index contributed by atoms with van der Waals surface area (Å²) in [6, 6.07) is 15.9. The summed E-state index contributed by atoms with van der Waals surface area (Å²) in [4.78, 5) is 19.5. The Morgan fingerprint density at radius 2 is 2.04 bits per heavy atom. The lowest BCUT2D eigenvalue weighted by Gasteiger charge is -2.20. The summed E-state index contributed by atoms with van der Waals surface area (Å²) >= 11 is 1.54. The van der Waals surface area contributed by atoms with Crippen molar-refractivity contribution in [2.75, 3.05) is 12.0 Å². The van der Waals surface area contributed by atoms with E-state index in [1.165, 1.54) is 0 Å². The smallest absolute Gasteiger partial charge is 0.232 e. The average molecular weight is 352 g/mol. The molecule has 1 aliphatic carbocycles. The predicted octanol–water partition coefficient (Wildman–Crippen LogP) is 4.49. The topological polar surface area (TPSA) is 42.4 Å². The van der Waals surface area contributed by atoms with Crippen LogP contribution in [0.1, 0.15) is 18.9 Å². The van der Waals surface area contributed by atoms with Crippen LogP contribution in [-0.4, -0.2) is 18.0 Å². The van der Waals surface area contributed by atoms with E-state index in [-0.39, 0.29) is 11.8 Å². The number of benzene rings is 2. The Morgan fingerprint density at radius 1 is 1.28 bits per heavy atom. The van der Waals surface area contributed by atoms with Gasteiger partial charge in [0.2, 0.25) is 5.91 Å². The molecule has 0 N–H and O–H groups in total. The number of thiazole rings is 1. The number of hydrogen-bond donors (Lipinski definition) is 0. The maximum absolute atomic E-state index is 13.0. The molecule has 1 amide bonds. The van der Waals surface area contributed by atoms with Crippen LogP contribution in [0.2, 0.25) is 0 Å². The summed E-state index contributed by atoms with van der Waals surface area (Å²) < 4.78 is 6.33. The van der Waals surface area contributed by atoms with E-state index >= 15 is 0 Å². The zero-order valence-electron chi connectivity index (χ0n) is 14.3. The van der Waals surface area contributed by atoms with Crippen LogP contribution in [0.25, 0.3) is 10.2 Å². The van der Waals surface area contributed by atoms with Crippen LogP contribution in [0.3, 0.4) is 0 Å². The summed E-state index contributed by atoms with van der Waals surface area (Å²) in [7, 11) is 1.66. The summed E-state index contributed by atoms with van der Waals surface area (Å²) in [6.45, 7) is 2.69. The number of rotatable bonds is 5. The molecule has 25 heavy (non-hydrogen) atoms. The molecular formula is C20H20N2O2S. The predicted molar refractivity (Wildman–Crippen MR) is 101 cm³/mol. The number of carbonyl (C=O) groups is 1. The Morgan fingerprint density at radius 3 is 2.72 bits per heavy atom. The molecule has 1 aromatic heterocycles. The molecular weight excluding hydrogens is 332 g/mol. The Hall–Kier alpha value is -2.40. The van der Waals surface area contributed by atoms with Crippen molar-refractivity contribution in [1.82, 2.24) is 4.98 Å². The molecule has 1 aliphatic rings. The molecule has 1 heterocycles. The Balaban J connectivity index is 1.70. The minimum Gasteiger partial charge on any atom is -0.497 e. The lowest BCUT2D eigenvalue weighted by atomic mass is 10.2. The Kier molecular flexibility index (Phi) is 4.17. The van der Waals surface area contributed by atoms with Crippen molar-refractivity contribution in [3.63, 3.8) is 0 Å². The fraction of sp³-hybridized carbons (Fsp3) is 0.300. The number of nitrogens with zero attached hydrogens (tertiary/aromatic N) is 2. The third kappa shape index (κ3) is 3.24. The lowest BCUT2D eigenvalue weighted by Crippen LogP contribution is -2.32. The molecule has 2 aromatic carbocycles. The van der Waals surface area contributed by atoms with Gasteiger partial charge < -0.3 is 4.74 Å². The van der Waals surface area contributed by atoms with Crippen molar-refractivity contribution in [3.8, 4) is 5.75 Å². The van der Waals surface area contributed by atoms with Gasteiger partial charge in [0, 0.05) is 5.92 Å². The first kappa shape index (κ1) is 16.1. The summed E-state index contributed by atoms with van der Waals surface area (Å²) in [6.07, 6.45) is 0.975. The van der Waals surface area contributed by atoms with Crippen LogP contribution in [0.15, 0.2) is 48.5 Å². The molecule has 0 aliphatic heterocycles. The molecule has 0 bridgehead atoms. The van der Waals surface area contributed by atoms with E-state index < -0.39 is 0 Å². The van der Waals surface area contributed by atoms with Crippen molar-refractivity contribution in [3.05, 3.63) is 54.1 Å².